The molecule has 0 saturated heterocycles. The summed E-state index contributed by atoms with van der Waals surface area (Å²) in [6.45, 7) is 0. The van der Waals surface area contributed by atoms with Gasteiger partial charge in [0.05, 0.1) is 21.8 Å². The van der Waals surface area contributed by atoms with E-state index in [9.17, 15) is 18.4 Å². The van der Waals surface area contributed by atoms with Gasteiger partial charge in [0, 0.05) is 0 Å². The quantitative estimate of drug-likeness (QED) is 0.611. The van der Waals surface area contributed by atoms with Gasteiger partial charge in [-0.2, -0.15) is 0 Å². The lowest BCUT2D eigenvalue weighted by Gasteiger charge is -2.14. The van der Waals surface area contributed by atoms with Crippen molar-refractivity contribution in [2.24, 2.45) is 0 Å². The first-order valence-electron chi connectivity index (χ1n) is 10.3. The molecule has 4 nitrogen and oxygen atoms in total. The van der Waals surface area contributed by atoms with Crippen LogP contribution in [0.5, 0.6) is 0 Å². The second-order valence-electron chi connectivity index (χ2n) is 7.91. The van der Waals surface area contributed by atoms with Crippen LogP contribution in [-0.4, -0.2) is 11.8 Å². The first-order valence-corrected chi connectivity index (χ1v) is 11.1. The molecule has 31 heavy (non-hydrogen) atoms. The summed E-state index contributed by atoms with van der Waals surface area (Å²) in [6, 6.07) is 12.6. The summed E-state index contributed by atoms with van der Waals surface area (Å²) >= 11 is 1.11. The summed E-state index contributed by atoms with van der Waals surface area (Å²) in [5, 5.41) is 5.91. The molecule has 2 aromatic carbocycles. The Morgan fingerprint density at radius 1 is 0.742 bits per heavy atom. The molecule has 1 aromatic heterocycles. The average molecular weight is 438 g/mol. The summed E-state index contributed by atoms with van der Waals surface area (Å²) in [5.41, 5.74) is 2.95. The van der Waals surface area contributed by atoms with E-state index in [-0.39, 0.29) is 35.5 Å². The number of benzene rings is 2. The average Bonchev–Trinajstić information content (AvgIpc) is 3.48. The molecule has 0 bridgehead atoms. The van der Waals surface area contributed by atoms with Crippen LogP contribution in [0.3, 0.4) is 0 Å². The van der Waals surface area contributed by atoms with Gasteiger partial charge in [-0.1, -0.05) is 24.3 Å². The highest BCUT2D eigenvalue weighted by Gasteiger charge is 2.29. The number of carbonyl (C=O) groups excluding carboxylic acids is 2. The van der Waals surface area contributed by atoms with Crippen molar-refractivity contribution in [1.82, 2.24) is 10.6 Å². The third-order valence-electron chi connectivity index (χ3n) is 6.09. The maximum atomic E-state index is 13.9. The molecule has 2 amide bonds. The Kier molecular flexibility index (Phi) is 5.06. The summed E-state index contributed by atoms with van der Waals surface area (Å²) in [4.78, 5) is 26.3. The smallest absolute Gasteiger partial charge is 0.261 e. The Hall–Kier alpha value is -3.06. The van der Waals surface area contributed by atoms with Crippen molar-refractivity contribution in [3.8, 4) is 0 Å². The molecule has 0 aliphatic heterocycles. The fourth-order valence-corrected chi connectivity index (χ4v) is 5.37. The molecule has 0 spiro atoms. The highest BCUT2D eigenvalue weighted by Crippen LogP contribution is 2.34. The number of thiophene rings is 1. The van der Waals surface area contributed by atoms with E-state index < -0.39 is 0 Å². The van der Waals surface area contributed by atoms with Crippen LogP contribution in [0.1, 0.15) is 66.5 Å². The third kappa shape index (κ3) is 3.63. The Balaban J connectivity index is 1.26. The molecule has 0 saturated carbocycles. The normalized spacial score (nSPS) is 19.0. The van der Waals surface area contributed by atoms with Gasteiger partial charge in [-0.15, -0.1) is 11.3 Å². The second-order valence-corrected chi connectivity index (χ2v) is 8.99. The van der Waals surface area contributed by atoms with E-state index in [1.165, 1.54) is 12.1 Å². The number of rotatable bonds is 4. The molecule has 2 aliphatic rings. The van der Waals surface area contributed by atoms with Gasteiger partial charge in [-0.25, -0.2) is 8.78 Å². The fraction of sp³-hybridized carbons (Fsp3) is 0.250. The zero-order valence-corrected chi connectivity index (χ0v) is 17.4. The van der Waals surface area contributed by atoms with Crippen LogP contribution in [-0.2, 0) is 12.8 Å². The number of carbonyl (C=O) groups is 2. The Morgan fingerprint density at radius 3 is 1.65 bits per heavy atom. The number of amides is 2. The van der Waals surface area contributed by atoms with E-state index in [0.717, 1.165) is 22.5 Å². The molecule has 1 heterocycles. The third-order valence-corrected chi connectivity index (χ3v) is 7.17. The number of hydrogen-bond donors (Lipinski definition) is 2. The molecular formula is C24H20F2N2O2S. The molecule has 2 unspecified atom stereocenters. The maximum Gasteiger partial charge on any atom is 0.261 e. The van der Waals surface area contributed by atoms with Crippen molar-refractivity contribution in [2.45, 2.75) is 37.8 Å². The van der Waals surface area contributed by atoms with Crippen molar-refractivity contribution in [1.29, 1.82) is 0 Å². The largest absolute Gasteiger partial charge is 0.345 e. The minimum atomic E-state index is -0.278. The molecule has 2 N–H and O–H groups in total. The maximum absolute atomic E-state index is 13.9. The molecule has 5 rings (SSSR count). The van der Waals surface area contributed by atoms with Crippen molar-refractivity contribution >= 4 is 23.2 Å². The predicted octanol–water partition coefficient (Wildman–Crippen LogP) is 4.86. The molecule has 2 atom stereocenters. The summed E-state index contributed by atoms with van der Waals surface area (Å²) in [5.74, 6) is -1.03. The van der Waals surface area contributed by atoms with Crippen LogP contribution < -0.4 is 10.6 Å². The fourth-order valence-electron chi connectivity index (χ4n) is 4.56. The van der Waals surface area contributed by atoms with Crippen molar-refractivity contribution in [3.63, 3.8) is 0 Å². The standard InChI is InChI=1S/C24H20F2N2O2S/c25-17-5-1-3-15-13(17)7-9-19(15)27-23(29)21-11-12-22(31-21)24(30)28-20-10-8-14-16(20)4-2-6-18(14)26/h1-6,11-12,19-20H,7-10H2,(H,27,29)(H,28,30). The van der Waals surface area contributed by atoms with Gasteiger partial charge in [0.25, 0.3) is 11.8 Å². The van der Waals surface area contributed by atoms with E-state index in [1.807, 2.05) is 12.1 Å². The van der Waals surface area contributed by atoms with Gasteiger partial charge in [-0.3, -0.25) is 9.59 Å². The summed E-state index contributed by atoms with van der Waals surface area (Å²) in [7, 11) is 0. The zero-order valence-electron chi connectivity index (χ0n) is 16.6. The number of fused-ring (bicyclic) bond motifs is 2. The van der Waals surface area contributed by atoms with Gasteiger partial charge < -0.3 is 10.6 Å². The van der Waals surface area contributed by atoms with Crippen LogP contribution in [0.2, 0.25) is 0 Å². The SMILES string of the molecule is O=C(NC1CCc2c(F)cccc21)c1ccc(C(=O)NC2CCc3c(F)cccc32)s1. The molecule has 0 fully saturated rings. The first kappa shape index (κ1) is 19.9. The molecule has 7 heteroatoms. The van der Waals surface area contributed by atoms with Gasteiger partial charge in [0.1, 0.15) is 11.6 Å². The van der Waals surface area contributed by atoms with Crippen molar-refractivity contribution < 1.29 is 18.4 Å². The predicted molar refractivity (Wildman–Crippen MR) is 114 cm³/mol. The lowest BCUT2D eigenvalue weighted by atomic mass is 10.1. The van der Waals surface area contributed by atoms with Crippen LogP contribution >= 0.6 is 11.3 Å². The number of nitrogens with one attached hydrogen (secondary N) is 2. The number of halogens is 2. The lowest BCUT2D eigenvalue weighted by Crippen LogP contribution is -2.27. The van der Waals surface area contributed by atoms with Gasteiger partial charge in [0.15, 0.2) is 0 Å². The summed E-state index contributed by atoms with van der Waals surface area (Å²) < 4.78 is 27.8. The van der Waals surface area contributed by atoms with Gasteiger partial charge >= 0.3 is 0 Å². The Bertz CT molecular complexity index is 1100. The van der Waals surface area contributed by atoms with Gasteiger partial charge in [0.2, 0.25) is 0 Å². The van der Waals surface area contributed by atoms with Crippen LogP contribution in [0, 0.1) is 11.6 Å². The van der Waals surface area contributed by atoms with Crippen molar-refractivity contribution in [2.75, 3.05) is 0 Å². The van der Waals surface area contributed by atoms with Crippen LogP contribution in [0.4, 0.5) is 8.78 Å². The molecular weight excluding hydrogens is 418 g/mol. The Labute approximate surface area is 182 Å². The minimum Gasteiger partial charge on any atom is -0.345 e. The van der Waals surface area contributed by atoms with Gasteiger partial charge in [-0.05, 0) is 72.2 Å². The van der Waals surface area contributed by atoms with Crippen LogP contribution in [0.15, 0.2) is 48.5 Å². The van der Waals surface area contributed by atoms with E-state index >= 15 is 0 Å². The summed E-state index contributed by atoms with van der Waals surface area (Å²) in [6.07, 6.45) is 2.49. The van der Waals surface area contributed by atoms with E-state index in [2.05, 4.69) is 10.6 Å². The second kappa shape index (κ2) is 7.89. The highest BCUT2D eigenvalue weighted by atomic mass is 32.1. The lowest BCUT2D eigenvalue weighted by molar-refractivity contribution is 0.0934. The highest BCUT2D eigenvalue weighted by molar-refractivity contribution is 7.15. The molecule has 158 valence electrons. The molecule has 3 aromatic rings. The Morgan fingerprint density at radius 2 is 1.19 bits per heavy atom. The van der Waals surface area contributed by atoms with E-state index in [1.54, 1.807) is 24.3 Å². The van der Waals surface area contributed by atoms with E-state index in [0.29, 0.717) is 46.6 Å². The van der Waals surface area contributed by atoms with Crippen molar-refractivity contribution in [3.05, 3.63) is 92.2 Å². The first-order chi connectivity index (χ1) is 15.0. The zero-order chi connectivity index (χ0) is 21.5. The minimum absolute atomic E-state index is 0.234. The van der Waals surface area contributed by atoms with Crippen LogP contribution in [0.25, 0.3) is 0 Å². The molecule has 0 radical (unpaired) electrons. The number of hydrogen-bond acceptors (Lipinski definition) is 3. The monoisotopic (exact) mass is 438 g/mol. The van der Waals surface area contributed by atoms with E-state index in [4.69, 9.17) is 0 Å². The molecule has 2 aliphatic carbocycles. The topological polar surface area (TPSA) is 58.2 Å².